The van der Waals surface area contributed by atoms with Gasteiger partial charge in [-0.15, -0.1) is 11.3 Å². The molecule has 8 heterocycles. The maximum atomic E-state index is 12.2. The SMILES string of the molecule is CC(=O)c1cc2ccc(Br)cc2[nH]1.CC(C)(C)OC(=O)n1ncc2cc(Nc3ccnc(Cl)n3)ccc21.CCc1ccncc1.Cc1nccc(Nc2ccc(C3=CCN=C3)cc2)n1.NC1CCOC1.O=C(O)c1cc2ccc(Br)cc2s1. The predicted molar refractivity (Wildman–Crippen MR) is 339 cm³/mol. The number of aromatic carboxylic acids is 1. The molecule has 2 aliphatic heterocycles. The van der Waals surface area contributed by atoms with Crippen molar-refractivity contribution in [3.8, 4) is 0 Å². The maximum Gasteiger partial charge on any atom is 0.435 e. The van der Waals surface area contributed by atoms with Crippen LogP contribution in [0.4, 0.5) is 27.8 Å². The zero-order chi connectivity index (χ0) is 59.5. The van der Waals surface area contributed by atoms with E-state index in [4.69, 9.17) is 31.9 Å². The van der Waals surface area contributed by atoms with E-state index < -0.39 is 17.7 Å². The number of carbonyl (C=O) groups is 3. The molecule has 1 fully saturated rings. The average molecular weight is 1290 g/mol. The van der Waals surface area contributed by atoms with E-state index in [1.165, 1.54) is 32.7 Å². The number of benzene rings is 4. The van der Waals surface area contributed by atoms with E-state index in [-0.39, 0.29) is 11.1 Å². The Morgan fingerprint density at radius 3 is 2.13 bits per heavy atom. The minimum Gasteiger partial charge on any atom is -0.477 e. The van der Waals surface area contributed by atoms with Crippen molar-refractivity contribution < 1.29 is 29.0 Å². The molecule has 6 N–H and O–H groups in total. The lowest BCUT2D eigenvalue weighted by Gasteiger charge is -2.19. The number of nitrogens with zero attached hydrogens (tertiary/aromatic N) is 8. The van der Waals surface area contributed by atoms with Gasteiger partial charge in [-0.25, -0.2) is 29.5 Å². The molecule has 1 saturated heterocycles. The average Bonchev–Trinajstić information content (AvgIpc) is 4.54. The summed E-state index contributed by atoms with van der Waals surface area (Å²) < 4.78 is 14.5. The second kappa shape index (κ2) is 30.3. The van der Waals surface area contributed by atoms with Gasteiger partial charge in [0.05, 0.1) is 30.6 Å². The third kappa shape index (κ3) is 19.8. The first-order valence-corrected chi connectivity index (χ1v) is 28.8. The van der Waals surface area contributed by atoms with Crippen LogP contribution in [0.15, 0.2) is 166 Å². The number of H-pyrrole nitrogens is 1. The molecule has 6 aromatic heterocycles. The minimum atomic E-state index is -0.864. The number of pyridine rings is 1. The molecule has 428 valence electrons. The number of Topliss-reactive ketones (excluding diaryl/α,β-unsaturated/α-hetero) is 1. The Labute approximate surface area is 506 Å². The number of aliphatic imine (C=N–C) groups is 1. The van der Waals surface area contributed by atoms with E-state index in [1.807, 2.05) is 131 Å². The predicted octanol–water partition coefficient (Wildman–Crippen LogP) is 14.9. The molecular formula is C61H61Br2ClN12O6S. The molecule has 22 heteroatoms. The highest BCUT2D eigenvalue weighted by molar-refractivity contribution is 9.10. The van der Waals surface area contributed by atoms with E-state index in [2.05, 4.69) is 108 Å². The second-order valence-corrected chi connectivity index (χ2v) is 22.6. The highest BCUT2D eigenvalue weighted by atomic mass is 79.9. The standard InChI is InChI=1S/C16H16ClN5O2.C15H14N4.C10H8BrNO.C9H5BrO2S.C7H9N.C4H9NO/c1-16(2,3)24-15(23)22-12-5-4-11(8-10(12)9-19-22)20-13-6-7-18-14(17)21-13;1-11-17-9-7-15(18-11)19-14-4-2-12(3-5-14)13-6-8-16-10-13;1-6(13)9-4-7-2-3-8(11)5-10(7)12-9;10-6-2-1-5-3-8(9(11)12)13-7(5)4-6;1-2-7-3-5-8-6-4-7;5-4-1-2-6-3-4/h4-9H,1-3H3,(H,18,20,21);2-7,9-10H,8H2,1H3,(H,17,18,19);2-5,12H,1H3;1-4H,(H,11,12);3-6H,2H2,1H3;4H,1-3,5H2. The number of carbonyl (C=O) groups excluding carboxylic acids is 2. The third-order valence-electron chi connectivity index (χ3n) is 11.7. The molecule has 0 spiro atoms. The normalized spacial score (nSPS) is 13.1. The fourth-order valence-electron chi connectivity index (χ4n) is 7.65. The molecule has 4 aromatic carbocycles. The van der Waals surface area contributed by atoms with Gasteiger partial charge in [0.2, 0.25) is 5.28 Å². The van der Waals surface area contributed by atoms with Gasteiger partial charge in [-0.3, -0.25) is 14.8 Å². The van der Waals surface area contributed by atoms with Crippen molar-refractivity contribution in [1.82, 2.24) is 39.7 Å². The summed E-state index contributed by atoms with van der Waals surface area (Å²) in [6, 6.07) is 36.8. The highest BCUT2D eigenvalue weighted by Gasteiger charge is 2.20. The van der Waals surface area contributed by atoms with Gasteiger partial charge in [-0.05, 0) is 165 Å². The van der Waals surface area contributed by atoms with E-state index in [9.17, 15) is 14.4 Å². The van der Waals surface area contributed by atoms with Crippen LogP contribution < -0.4 is 16.4 Å². The topological polar surface area (TPSA) is 250 Å². The van der Waals surface area contributed by atoms with Gasteiger partial charge < -0.3 is 35.9 Å². The number of aromatic nitrogens is 8. The molecule has 1 atom stereocenters. The zero-order valence-electron chi connectivity index (χ0n) is 46.3. The van der Waals surface area contributed by atoms with Gasteiger partial charge in [0, 0.05) is 91.9 Å². The molecule has 0 aliphatic carbocycles. The van der Waals surface area contributed by atoms with Crippen LogP contribution >= 0.6 is 54.8 Å². The van der Waals surface area contributed by atoms with Crippen LogP contribution in [0, 0.1) is 6.92 Å². The smallest absolute Gasteiger partial charge is 0.435 e. The van der Waals surface area contributed by atoms with Gasteiger partial charge in [0.25, 0.3) is 0 Å². The number of aromatic amines is 1. The number of nitrogens with two attached hydrogens (primary N) is 1. The van der Waals surface area contributed by atoms with Crippen molar-refractivity contribution >= 4 is 139 Å². The number of carboxylic acids is 1. The number of halogens is 3. The first kappa shape index (κ1) is 62.5. The number of ether oxygens (including phenoxy) is 2. The van der Waals surface area contributed by atoms with E-state index >= 15 is 0 Å². The van der Waals surface area contributed by atoms with Gasteiger partial charge >= 0.3 is 12.1 Å². The lowest BCUT2D eigenvalue weighted by molar-refractivity contribution is 0.0522. The number of carboxylic acid groups (broad SMARTS) is 1. The molecule has 18 nitrogen and oxygen atoms in total. The van der Waals surface area contributed by atoms with E-state index in [0.29, 0.717) is 27.9 Å². The second-order valence-electron chi connectivity index (χ2n) is 19.4. The van der Waals surface area contributed by atoms with Crippen LogP contribution in [0.1, 0.15) is 78.2 Å². The number of hydrogen-bond donors (Lipinski definition) is 5. The van der Waals surface area contributed by atoms with Crippen LogP contribution in [0.2, 0.25) is 5.28 Å². The molecule has 10 aromatic rings. The van der Waals surface area contributed by atoms with Crippen molar-refractivity contribution in [2.45, 2.75) is 66.0 Å². The summed E-state index contributed by atoms with van der Waals surface area (Å²) in [6.07, 6.45) is 14.2. The first-order valence-electron chi connectivity index (χ1n) is 26.1. The molecule has 83 heavy (non-hydrogen) atoms. The number of anilines is 4. The summed E-state index contributed by atoms with van der Waals surface area (Å²) in [6.45, 7) is 13.4. The lowest BCUT2D eigenvalue weighted by atomic mass is 10.1. The molecule has 0 saturated carbocycles. The molecule has 0 bridgehead atoms. The van der Waals surface area contributed by atoms with Gasteiger partial charge in [0.15, 0.2) is 5.78 Å². The van der Waals surface area contributed by atoms with Crippen LogP contribution in [-0.4, -0.2) is 100 Å². The Morgan fingerprint density at radius 2 is 1.53 bits per heavy atom. The van der Waals surface area contributed by atoms with Crippen molar-refractivity contribution in [2.75, 3.05) is 30.4 Å². The van der Waals surface area contributed by atoms with Crippen molar-refractivity contribution in [2.24, 2.45) is 10.7 Å². The first-order chi connectivity index (χ1) is 39.8. The van der Waals surface area contributed by atoms with Gasteiger partial charge in [-0.1, -0.05) is 69.1 Å². The summed E-state index contributed by atoms with van der Waals surface area (Å²) in [5, 5.41) is 22.2. The van der Waals surface area contributed by atoms with Crippen molar-refractivity contribution in [3.05, 3.63) is 194 Å². The Morgan fingerprint density at radius 1 is 0.843 bits per heavy atom. The van der Waals surface area contributed by atoms with Gasteiger partial charge in [-0.2, -0.15) is 9.78 Å². The molecule has 2 aliphatic rings. The number of hydrogen-bond acceptors (Lipinski definition) is 16. The zero-order valence-corrected chi connectivity index (χ0v) is 51.1. The molecule has 1 unspecified atom stereocenters. The van der Waals surface area contributed by atoms with Crippen LogP contribution in [0.5, 0.6) is 0 Å². The molecule has 12 rings (SSSR count). The number of rotatable bonds is 8. The summed E-state index contributed by atoms with van der Waals surface area (Å²) in [7, 11) is 0. The summed E-state index contributed by atoms with van der Waals surface area (Å²) in [5.41, 5.74) is 12.7. The largest absolute Gasteiger partial charge is 0.477 e. The Balaban J connectivity index is 0.000000151. The maximum absolute atomic E-state index is 12.2. The Bertz CT molecular complexity index is 3770. The lowest BCUT2D eigenvalue weighted by Crippen LogP contribution is -2.27. The molecular weight excluding hydrogens is 1220 g/mol. The number of fused-ring (bicyclic) bond motifs is 3. The van der Waals surface area contributed by atoms with Gasteiger partial charge in [0.1, 0.15) is 27.9 Å². The number of allylic oxidation sites excluding steroid dienone is 1. The highest BCUT2D eigenvalue weighted by Crippen LogP contribution is 2.29. The summed E-state index contributed by atoms with van der Waals surface area (Å²) in [5.74, 6) is 1.34. The van der Waals surface area contributed by atoms with Crippen molar-refractivity contribution in [3.63, 3.8) is 0 Å². The van der Waals surface area contributed by atoms with E-state index in [0.717, 1.165) is 90.9 Å². The fourth-order valence-corrected chi connectivity index (χ4v) is 9.61. The number of aryl methyl sites for hydroxylation is 2. The van der Waals surface area contributed by atoms with Crippen LogP contribution in [0.3, 0.4) is 0 Å². The quantitative estimate of drug-likeness (QED) is 0.0701. The monoisotopic (exact) mass is 1280 g/mol. The molecule has 0 radical (unpaired) electrons. The molecule has 0 amide bonds. The van der Waals surface area contributed by atoms with E-state index in [1.54, 1.807) is 43.7 Å². The minimum absolute atomic E-state index is 0.0623. The number of ketones is 1. The van der Waals surface area contributed by atoms with Crippen molar-refractivity contribution in [1.29, 1.82) is 0 Å². The Hall–Kier alpha value is -8.05. The number of thiophene rings is 1. The number of nitrogens with one attached hydrogen (secondary N) is 3. The summed E-state index contributed by atoms with van der Waals surface area (Å²) in [4.78, 5) is 61.7. The fraction of sp³-hybridized carbons (Fsp3) is 0.213. The van der Waals surface area contributed by atoms with Crippen LogP contribution in [-0.2, 0) is 15.9 Å². The third-order valence-corrected chi connectivity index (χ3v) is 14.0. The van der Waals surface area contributed by atoms with Crippen LogP contribution in [0.25, 0.3) is 37.5 Å². The summed E-state index contributed by atoms with van der Waals surface area (Å²) >= 11 is 13.8. The Kier molecular flexibility index (Phi) is 22.8.